The lowest BCUT2D eigenvalue weighted by Crippen LogP contribution is -2.18. The standard InChI is InChI=1S/C7H5ClFNO/c8-5-3-1-2-4(6(5)9)7(10)11/h1-3H,(H2,10,11)/p-1. The zero-order chi connectivity index (χ0) is 8.43. The second-order valence-electron chi connectivity index (χ2n) is 1.93. The monoisotopic (exact) mass is 172 g/mol. The molecule has 1 rings (SSSR count). The molecule has 11 heavy (non-hydrogen) atoms. The number of hydrogen-bond acceptors (Lipinski definition) is 2. The second kappa shape index (κ2) is 2.88. The van der Waals surface area contributed by atoms with Crippen LogP contribution in [0.15, 0.2) is 18.2 Å². The van der Waals surface area contributed by atoms with Crippen LogP contribution in [0.5, 0.6) is 0 Å². The van der Waals surface area contributed by atoms with Gasteiger partial charge >= 0.3 is 0 Å². The van der Waals surface area contributed by atoms with Gasteiger partial charge in [-0.3, -0.25) is 0 Å². The van der Waals surface area contributed by atoms with Crippen LogP contribution < -0.4 is 5.11 Å². The van der Waals surface area contributed by atoms with Gasteiger partial charge in [0.1, 0.15) is 5.82 Å². The molecule has 1 N–H and O–H groups in total. The van der Waals surface area contributed by atoms with Crippen LogP contribution in [0.1, 0.15) is 5.56 Å². The van der Waals surface area contributed by atoms with Gasteiger partial charge in [0.2, 0.25) is 0 Å². The fraction of sp³-hybridized carbons (Fsp3) is 0. The normalized spacial score (nSPS) is 9.64. The molecule has 4 heteroatoms. The van der Waals surface area contributed by atoms with Gasteiger partial charge in [-0.05, 0) is 12.0 Å². The number of rotatable bonds is 1. The van der Waals surface area contributed by atoms with Gasteiger partial charge in [0, 0.05) is 5.56 Å². The van der Waals surface area contributed by atoms with E-state index in [9.17, 15) is 9.50 Å². The fourth-order valence-electron chi connectivity index (χ4n) is 0.679. The molecule has 2 nitrogen and oxygen atoms in total. The molecule has 58 valence electrons. The molecule has 1 aromatic rings. The molecule has 0 heterocycles. The first-order chi connectivity index (χ1) is 5.13. The average Bonchev–Trinajstić information content (AvgIpc) is 1.94. The van der Waals surface area contributed by atoms with E-state index in [2.05, 4.69) is 0 Å². The van der Waals surface area contributed by atoms with Crippen LogP contribution in [0.2, 0.25) is 5.02 Å². The highest BCUT2D eigenvalue weighted by atomic mass is 35.5. The largest absolute Gasteiger partial charge is 0.859 e. The minimum Gasteiger partial charge on any atom is -0.859 e. The molecule has 0 saturated carbocycles. The maximum Gasteiger partial charge on any atom is 0.149 e. The minimum atomic E-state index is -1.06. The summed E-state index contributed by atoms with van der Waals surface area (Å²) in [5.41, 5.74) is -0.294. The summed E-state index contributed by atoms with van der Waals surface area (Å²) in [6.07, 6.45) is 0. The third-order valence-corrected chi connectivity index (χ3v) is 1.49. The summed E-state index contributed by atoms with van der Waals surface area (Å²) in [5, 5.41) is 16.9. The summed E-state index contributed by atoms with van der Waals surface area (Å²) in [5.74, 6) is -1.89. The lowest BCUT2D eigenvalue weighted by Gasteiger charge is -2.08. The highest BCUT2D eigenvalue weighted by molar-refractivity contribution is 6.31. The van der Waals surface area contributed by atoms with Crippen molar-refractivity contribution < 1.29 is 9.50 Å². The van der Waals surface area contributed by atoms with Crippen molar-refractivity contribution in [3.8, 4) is 0 Å². The van der Waals surface area contributed by atoms with Gasteiger partial charge in [0.25, 0.3) is 0 Å². The summed E-state index contributed by atoms with van der Waals surface area (Å²) < 4.78 is 12.8. The zero-order valence-electron chi connectivity index (χ0n) is 5.40. The number of benzene rings is 1. The molecule has 0 fully saturated rings. The lowest BCUT2D eigenvalue weighted by molar-refractivity contribution is -0.214. The van der Waals surface area contributed by atoms with Gasteiger partial charge in [0.05, 0.1) is 5.02 Å². The Morgan fingerprint density at radius 1 is 1.55 bits per heavy atom. The molecule has 1 aromatic carbocycles. The zero-order valence-corrected chi connectivity index (χ0v) is 6.15. The molecule has 0 amide bonds. The average molecular weight is 173 g/mol. The summed E-state index contributed by atoms with van der Waals surface area (Å²) in [4.78, 5) is 0. The van der Waals surface area contributed by atoms with Gasteiger partial charge in [-0.1, -0.05) is 23.7 Å². The fourth-order valence-corrected chi connectivity index (χ4v) is 0.854. The first-order valence-electron chi connectivity index (χ1n) is 2.83. The maximum absolute atomic E-state index is 12.8. The van der Waals surface area contributed by atoms with E-state index in [1.165, 1.54) is 18.2 Å². The van der Waals surface area contributed by atoms with Gasteiger partial charge in [0.15, 0.2) is 0 Å². The molecule has 0 aromatic heterocycles. The summed E-state index contributed by atoms with van der Waals surface area (Å²) in [6.45, 7) is 0. The number of halogens is 2. The first kappa shape index (κ1) is 8.01. The molecule has 0 radical (unpaired) electrons. The van der Waals surface area contributed by atoms with Crippen LogP contribution in [0.3, 0.4) is 0 Å². The highest BCUT2D eigenvalue weighted by Gasteiger charge is 2.03. The van der Waals surface area contributed by atoms with Gasteiger partial charge < -0.3 is 10.5 Å². The van der Waals surface area contributed by atoms with Gasteiger partial charge in [-0.25, -0.2) is 4.39 Å². The van der Waals surface area contributed by atoms with Crippen molar-refractivity contribution in [3.05, 3.63) is 34.6 Å². The Balaban J connectivity index is 3.27. The quantitative estimate of drug-likeness (QED) is 0.502. The molecule has 0 unspecified atom stereocenters. The van der Waals surface area contributed by atoms with E-state index < -0.39 is 11.7 Å². The van der Waals surface area contributed by atoms with E-state index in [0.717, 1.165) is 0 Å². The van der Waals surface area contributed by atoms with Crippen LogP contribution in [-0.4, -0.2) is 5.90 Å². The highest BCUT2D eigenvalue weighted by Crippen LogP contribution is 2.16. The van der Waals surface area contributed by atoms with Crippen LogP contribution in [-0.2, 0) is 0 Å². The molecule has 0 atom stereocenters. The molecular formula is C7H4ClFNO-. The van der Waals surface area contributed by atoms with Crippen molar-refractivity contribution in [1.29, 1.82) is 5.41 Å². The Kier molecular flexibility index (Phi) is 2.10. The van der Waals surface area contributed by atoms with E-state index in [-0.39, 0.29) is 10.6 Å². The van der Waals surface area contributed by atoms with Gasteiger partial charge in [-0.15, -0.1) is 0 Å². The van der Waals surface area contributed by atoms with E-state index in [0.29, 0.717) is 0 Å². The van der Waals surface area contributed by atoms with Crippen molar-refractivity contribution in [1.82, 2.24) is 0 Å². The van der Waals surface area contributed by atoms with Crippen molar-refractivity contribution in [2.24, 2.45) is 0 Å². The Hall–Kier alpha value is -1.09. The molecular weight excluding hydrogens is 169 g/mol. The van der Waals surface area contributed by atoms with Crippen LogP contribution >= 0.6 is 11.6 Å². The number of nitrogens with one attached hydrogen (secondary N) is 1. The maximum atomic E-state index is 12.8. The summed E-state index contributed by atoms with van der Waals surface area (Å²) in [7, 11) is 0. The lowest BCUT2D eigenvalue weighted by atomic mass is 10.2. The van der Waals surface area contributed by atoms with Crippen molar-refractivity contribution in [2.45, 2.75) is 0 Å². The van der Waals surface area contributed by atoms with E-state index in [1.807, 2.05) is 0 Å². The third-order valence-electron chi connectivity index (χ3n) is 1.20. The SMILES string of the molecule is N=C([O-])c1cccc(Cl)c1F. The molecule has 0 saturated heterocycles. The summed E-state index contributed by atoms with van der Waals surface area (Å²) >= 11 is 5.35. The molecule has 0 aliphatic rings. The Morgan fingerprint density at radius 2 is 2.18 bits per heavy atom. The first-order valence-corrected chi connectivity index (χ1v) is 3.20. The molecule has 0 bridgehead atoms. The molecule has 0 aliphatic heterocycles. The Labute approximate surface area is 67.7 Å². The van der Waals surface area contributed by atoms with Crippen LogP contribution in [0, 0.1) is 11.2 Å². The van der Waals surface area contributed by atoms with E-state index in [4.69, 9.17) is 17.0 Å². The summed E-state index contributed by atoms with van der Waals surface area (Å²) in [6, 6.07) is 3.97. The topological polar surface area (TPSA) is 46.9 Å². The Morgan fingerprint density at radius 3 is 2.64 bits per heavy atom. The van der Waals surface area contributed by atoms with E-state index in [1.54, 1.807) is 0 Å². The number of hydrogen-bond donors (Lipinski definition) is 1. The molecule has 0 spiro atoms. The van der Waals surface area contributed by atoms with E-state index >= 15 is 0 Å². The van der Waals surface area contributed by atoms with Crippen molar-refractivity contribution in [3.63, 3.8) is 0 Å². The minimum absolute atomic E-state index is 0.136. The predicted octanol–water partition coefficient (Wildman–Crippen LogP) is 1.16. The van der Waals surface area contributed by atoms with Crippen LogP contribution in [0.4, 0.5) is 4.39 Å². The van der Waals surface area contributed by atoms with Crippen LogP contribution in [0.25, 0.3) is 0 Å². The van der Waals surface area contributed by atoms with Crippen molar-refractivity contribution >= 4 is 17.5 Å². The third kappa shape index (κ3) is 1.49. The smallest absolute Gasteiger partial charge is 0.149 e. The Bertz CT molecular complexity index is 300. The second-order valence-corrected chi connectivity index (χ2v) is 2.34. The van der Waals surface area contributed by atoms with Crippen molar-refractivity contribution in [2.75, 3.05) is 0 Å². The molecule has 0 aliphatic carbocycles. The van der Waals surface area contributed by atoms with Gasteiger partial charge in [-0.2, -0.15) is 0 Å². The predicted molar refractivity (Wildman–Crippen MR) is 38.2 cm³/mol.